The van der Waals surface area contributed by atoms with Crippen molar-refractivity contribution in [3.63, 3.8) is 0 Å². The van der Waals surface area contributed by atoms with E-state index < -0.39 is 5.91 Å². The molecule has 4 N–H and O–H groups in total. The van der Waals surface area contributed by atoms with Gasteiger partial charge in [0, 0.05) is 6.54 Å². The molecule has 2 unspecified atom stereocenters. The average Bonchev–Trinajstić information content (AvgIpc) is 3.21. The van der Waals surface area contributed by atoms with Crippen LogP contribution in [0.15, 0.2) is 48.5 Å². The van der Waals surface area contributed by atoms with Crippen molar-refractivity contribution in [3.05, 3.63) is 65.2 Å². The lowest BCUT2D eigenvalue weighted by Gasteiger charge is -2.19. The lowest BCUT2D eigenvalue weighted by molar-refractivity contribution is -0.132. The number of aryl methyl sites for hydroxylation is 1. The van der Waals surface area contributed by atoms with Crippen molar-refractivity contribution in [2.75, 3.05) is 13.2 Å². The fourth-order valence-corrected chi connectivity index (χ4v) is 3.36. The van der Waals surface area contributed by atoms with Crippen molar-refractivity contribution in [1.29, 1.82) is 0 Å². The second-order valence-corrected chi connectivity index (χ2v) is 7.54. The minimum absolute atomic E-state index is 0.162. The maximum absolute atomic E-state index is 12.5. The van der Waals surface area contributed by atoms with Crippen molar-refractivity contribution in [1.82, 2.24) is 21.7 Å². The molecule has 0 aliphatic carbocycles. The Labute approximate surface area is 171 Å². The van der Waals surface area contributed by atoms with Crippen LogP contribution in [0.25, 0.3) is 0 Å². The molecule has 1 heterocycles. The molecular formula is C22H28N4O3. The first-order valence-corrected chi connectivity index (χ1v) is 9.81. The SMILES string of the molecule is Cc1ccc(C(C)C)c(OCC(=O)NNC(=O)C2CNNC2c2ccccc2)c1. The number of carbonyl (C=O) groups excluding carboxylic acids is 2. The molecule has 0 spiro atoms. The van der Waals surface area contributed by atoms with Gasteiger partial charge >= 0.3 is 0 Å². The Morgan fingerprint density at radius 1 is 1.14 bits per heavy atom. The predicted octanol–water partition coefficient (Wildman–Crippen LogP) is 2.11. The molecule has 0 radical (unpaired) electrons. The van der Waals surface area contributed by atoms with Crippen molar-refractivity contribution in [3.8, 4) is 5.75 Å². The molecule has 2 aromatic carbocycles. The van der Waals surface area contributed by atoms with E-state index in [0.29, 0.717) is 12.3 Å². The van der Waals surface area contributed by atoms with E-state index in [-0.39, 0.29) is 30.4 Å². The molecule has 2 amide bonds. The molecule has 0 aromatic heterocycles. The lowest BCUT2D eigenvalue weighted by Crippen LogP contribution is -2.47. The van der Waals surface area contributed by atoms with Gasteiger partial charge in [0.25, 0.3) is 5.91 Å². The Morgan fingerprint density at radius 3 is 2.62 bits per heavy atom. The molecule has 3 rings (SSSR count). The van der Waals surface area contributed by atoms with Gasteiger partial charge in [-0.05, 0) is 35.6 Å². The Kier molecular flexibility index (Phi) is 6.85. The van der Waals surface area contributed by atoms with Crippen LogP contribution in [0, 0.1) is 12.8 Å². The van der Waals surface area contributed by atoms with Crippen LogP contribution >= 0.6 is 0 Å². The number of carbonyl (C=O) groups is 2. The fourth-order valence-electron chi connectivity index (χ4n) is 3.36. The molecule has 0 bridgehead atoms. The Morgan fingerprint density at radius 2 is 1.90 bits per heavy atom. The van der Waals surface area contributed by atoms with Crippen molar-refractivity contribution >= 4 is 11.8 Å². The first-order chi connectivity index (χ1) is 14.0. The molecule has 2 aromatic rings. The molecule has 1 fully saturated rings. The monoisotopic (exact) mass is 396 g/mol. The zero-order chi connectivity index (χ0) is 20.8. The van der Waals surface area contributed by atoms with Gasteiger partial charge in [-0.15, -0.1) is 0 Å². The highest BCUT2D eigenvalue weighted by Gasteiger charge is 2.34. The third-order valence-electron chi connectivity index (χ3n) is 4.95. The first kappa shape index (κ1) is 20.8. The molecule has 154 valence electrons. The second kappa shape index (κ2) is 9.54. The number of hydrogen-bond donors (Lipinski definition) is 4. The van der Waals surface area contributed by atoms with E-state index in [0.717, 1.165) is 16.7 Å². The number of rotatable bonds is 6. The minimum Gasteiger partial charge on any atom is -0.483 e. The van der Waals surface area contributed by atoms with Gasteiger partial charge in [-0.2, -0.15) is 0 Å². The Balaban J connectivity index is 1.52. The van der Waals surface area contributed by atoms with Crippen molar-refractivity contribution in [2.24, 2.45) is 5.92 Å². The van der Waals surface area contributed by atoms with E-state index >= 15 is 0 Å². The summed E-state index contributed by atoms with van der Waals surface area (Å²) in [6, 6.07) is 15.5. The summed E-state index contributed by atoms with van der Waals surface area (Å²) in [6.07, 6.45) is 0. The van der Waals surface area contributed by atoms with Gasteiger partial charge in [0.15, 0.2) is 6.61 Å². The van der Waals surface area contributed by atoms with Gasteiger partial charge < -0.3 is 4.74 Å². The lowest BCUT2D eigenvalue weighted by atomic mass is 9.94. The number of benzene rings is 2. The van der Waals surface area contributed by atoms with Crippen LogP contribution in [0.5, 0.6) is 5.75 Å². The van der Waals surface area contributed by atoms with Crippen molar-refractivity contribution in [2.45, 2.75) is 32.7 Å². The standard InChI is InChI=1S/C22H28N4O3/c1-14(2)17-10-9-15(3)11-19(17)29-13-20(27)24-26-22(28)18-12-23-25-21(18)16-7-5-4-6-8-16/h4-11,14,18,21,23,25H,12-13H2,1-3H3,(H,24,27)(H,26,28). The summed E-state index contributed by atoms with van der Waals surface area (Å²) in [5.41, 5.74) is 14.2. The maximum Gasteiger partial charge on any atom is 0.276 e. The summed E-state index contributed by atoms with van der Waals surface area (Å²) in [7, 11) is 0. The largest absolute Gasteiger partial charge is 0.483 e. The van der Waals surface area contributed by atoms with Gasteiger partial charge in [-0.3, -0.25) is 25.9 Å². The van der Waals surface area contributed by atoms with E-state index in [2.05, 4.69) is 35.6 Å². The highest BCUT2D eigenvalue weighted by atomic mass is 16.5. The molecule has 0 saturated carbocycles. The van der Waals surface area contributed by atoms with Crippen LogP contribution in [-0.2, 0) is 9.59 Å². The smallest absolute Gasteiger partial charge is 0.276 e. The van der Waals surface area contributed by atoms with Crippen LogP contribution in [0.2, 0.25) is 0 Å². The van der Waals surface area contributed by atoms with Crippen LogP contribution in [0.4, 0.5) is 0 Å². The van der Waals surface area contributed by atoms with Gasteiger partial charge in [-0.25, -0.2) is 5.43 Å². The Bertz CT molecular complexity index is 854. The highest BCUT2D eigenvalue weighted by molar-refractivity contribution is 5.84. The van der Waals surface area contributed by atoms with Gasteiger partial charge in [-0.1, -0.05) is 56.3 Å². The van der Waals surface area contributed by atoms with Gasteiger partial charge in [0.2, 0.25) is 5.91 Å². The number of nitrogens with one attached hydrogen (secondary N) is 4. The van der Waals surface area contributed by atoms with E-state index in [1.807, 2.05) is 55.5 Å². The summed E-state index contributed by atoms with van der Waals surface area (Å²) >= 11 is 0. The van der Waals surface area contributed by atoms with Gasteiger partial charge in [0.1, 0.15) is 5.75 Å². The molecule has 1 aliphatic rings. The molecular weight excluding hydrogens is 368 g/mol. The summed E-state index contributed by atoms with van der Waals surface area (Å²) in [5, 5.41) is 0. The first-order valence-electron chi connectivity index (χ1n) is 9.81. The van der Waals surface area contributed by atoms with Gasteiger partial charge in [0.05, 0.1) is 12.0 Å². The third-order valence-corrected chi connectivity index (χ3v) is 4.95. The summed E-state index contributed by atoms with van der Waals surface area (Å²) in [4.78, 5) is 24.7. The topological polar surface area (TPSA) is 91.5 Å². The molecule has 29 heavy (non-hydrogen) atoms. The highest BCUT2D eigenvalue weighted by Crippen LogP contribution is 2.27. The van der Waals surface area contributed by atoms with E-state index in [1.54, 1.807) is 0 Å². The normalized spacial score (nSPS) is 18.5. The summed E-state index contributed by atoms with van der Waals surface area (Å²) in [5.74, 6) is -0.0451. The van der Waals surface area contributed by atoms with E-state index in [9.17, 15) is 9.59 Å². The van der Waals surface area contributed by atoms with E-state index in [4.69, 9.17) is 4.74 Å². The van der Waals surface area contributed by atoms with Crippen molar-refractivity contribution < 1.29 is 14.3 Å². The fraction of sp³-hybridized carbons (Fsp3) is 0.364. The third kappa shape index (κ3) is 5.34. The predicted molar refractivity (Wildman–Crippen MR) is 111 cm³/mol. The zero-order valence-electron chi connectivity index (χ0n) is 17.0. The summed E-state index contributed by atoms with van der Waals surface area (Å²) in [6.45, 7) is 6.42. The van der Waals surface area contributed by atoms with Crippen LogP contribution in [0.1, 0.15) is 42.5 Å². The quantitative estimate of drug-likeness (QED) is 0.562. The minimum atomic E-state index is -0.412. The molecule has 1 saturated heterocycles. The average molecular weight is 396 g/mol. The maximum atomic E-state index is 12.5. The van der Waals surface area contributed by atoms with E-state index in [1.165, 1.54) is 0 Å². The number of ether oxygens (including phenoxy) is 1. The van der Waals surface area contributed by atoms with Crippen LogP contribution < -0.4 is 26.4 Å². The van der Waals surface area contributed by atoms with Crippen LogP contribution in [-0.4, -0.2) is 25.0 Å². The zero-order valence-corrected chi connectivity index (χ0v) is 17.0. The summed E-state index contributed by atoms with van der Waals surface area (Å²) < 4.78 is 5.70. The number of amides is 2. The Hall–Kier alpha value is -2.90. The molecule has 7 heteroatoms. The second-order valence-electron chi connectivity index (χ2n) is 7.54. The molecule has 1 aliphatic heterocycles. The molecule has 2 atom stereocenters. The molecule has 7 nitrogen and oxygen atoms in total. The van der Waals surface area contributed by atoms with Crippen LogP contribution in [0.3, 0.4) is 0 Å². The number of hydrazine groups is 2. The number of hydrogen-bond acceptors (Lipinski definition) is 5.